The molecular weight excluding hydrogens is 383 g/mol. The summed E-state index contributed by atoms with van der Waals surface area (Å²) in [7, 11) is 0. The Balaban J connectivity index is 1.41. The van der Waals surface area contributed by atoms with Crippen molar-refractivity contribution in [2.75, 3.05) is 17.6 Å². The first-order valence-electron chi connectivity index (χ1n) is 8.40. The molecule has 0 unspecified atom stereocenters. The predicted molar refractivity (Wildman–Crippen MR) is 108 cm³/mol. The Labute approximate surface area is 165 Å². The van der Waals surface area contributed by atoms with Crippen molar-refractivity contribution in [3.63, 3.8) is 0 Å². The molecule has 5 nitrogen and oxygen atoms in total. The Bertz CT molecular complexity index is 916. The lowest BCUT2D eigenvalue weighted by atomic mass is 10.1. The van der Waals surface area contributed by atoms with Crippen molar-refractivity contribution in [3.05, 3.63) is 65.5 Å². The minimum Gasteiger partial charge on any atom is -0.355 e. The highest BCUT2D eigenvalue weighted by atomic mass is 32.2. The summed E-state index contributed by atoms with van der Waals surface area (Å²) in [5.74, 6) is -0.112. The van der Waals surface area contributed by atoms with Crippen LogP contribution in [0.4, 0.5) is 15.2 Å². The number of hydrogen-bond acceptors (Lipinski definition) is 6. The molecule has 0 radical (unpaired) electrons. The van der Waals surface area contributed by atoms with Crippen LogP contribution in [0.5, 0.6) is 0 Å². The number of anilines is 2. The Morgan fingerprint density at radius 1 is 1.19 bits per heavy atom. The van der Waals surface area contributed by atoms with Gasteiger partial charge in [0.2, 0.25) is 11.0 Å². The van der Waals surface area contributed by atoms with E-state index >= 15 is 0 Å². The first-order valence-corrected chi connectivity index (χ1v) is 10.2. The summed E-state index contributed by atoms with van der Waals surface area (Å²) in [6.45, 7) is 2.42. The fourth-order valence-corrected chi connectivity index (χ4v) is 3.98. The largest absolute Gasteiger partial charge is 0.355 e. The minimum absolute atomic E-state index is 0.111. The molecule has 1 amide bonds. The quantitative estimate of drug-likeness (QED) is 0.553. The molecule has 3 rings (SSSR count). The van der Waals surface area contributed by atoms with Crippen molar-refractivity contribution in [3.8, 4) is 0 Å². The predicted octanol–water partition coefficient (Wildman–Crippen LogP) is 4.18. The highest BCUT2D eigenvalue weighted by Crippen LogP contribution is 2.27. The van der Waals surface area contributed by atoms with Gasteiger partial charge in [0.1, 0.15) is 5.82 Å². The maximum atomic E-state index is 13.5. The van der Waals surface area contributed by atoms with Crippen molar-refractivity contribution in [1.29, 1.82) is 0 Å². The zero-order valence-electron chi connectivity index (χ0n) is 14.7. The van der Waals surface area contributed by atoms with Gasteiger partial charge >= 0.3 is 0 Å². The average Bonchev–Trinajstić information content (AvgIpc) is 3.09. The molecule has 0 saturated carbocycles. The second-order valence-corrected chi connectivity index (χ2v) is 8.05. The van der Waals surface area contributed by atoms with Crippen LogP contribution in [0.2, 0.25) is 0 Å². The summed E-state index contributed by atoms with van der Waals surface area (Å²) in [4.78, 5) is 11.9. The molecule has 0 spiro atoms. The van der Waals surface area contributed by atoms with Crippen molar-refractivity contribution in [1.82, 2.24) is 15.5 Å². The van der Waals surface area contributed by atoms with E-state index in [1.165, 1.54) is 29.2 Å². The topological polar surface area (TPSA) is 66.9 Å². The number of hydrogen-bond donors (Lipinski definition) is 2. The number of aromatic nitrogens is 2. The number of benzene rings is 2. The zero-order valence-corrected chi connectivity index (χ0v) is 16.4. The number of halogens is 1. The Hall–Kier alpha value is -2.45. The van der Waals surface area contributed by atoms with Crippen molar-refractivity contribution < 1.29 is 9.18 Å². The highest BCUT2D eigenvalue weighted by molar-refractivity contribution is 8.01. The van der Waals surface area contributed by atoms with Crippen LogP contribution in [-0.2, 0) is 11.2 Å². The van der Waals surface area contributed by atoms with Gasteiger partial charge in [0.05, 0.1) is 5.75 Å². The van der Waals surface area contributed by atoms with Crippen LogP contribution < -0.4 is 10.6 Å². The van der Waals surface area contributed by atoms with Gasteiger partial charge < -0.3 is 10.6 Å². The van der Waals surface area contributed by atoms with Crippen LogP contribution in [0, 0.1) is 12.7 Å². The Morgan fingerprint density at radius 3 is 2.85 bits per heavy atom. The summed E-state index contributed by atoms with van der Waals surface area (Å²) < 4.78 is 14.2. The number of nitrogens with one attached hydrogen (secondary N) is 2. The summed E-state index contributed by atoms with van der Waals surface area (Å²) in [6.07, 6.45) is 0.465. The molecule has 8 heteroatoms. The number of carbonyl (C=O) groups is 1. The smallest absolute Gasteiger partial charge is 0.230 e. The second kappa shape index (κ2) is 9.48. The Morgan fingerprint density at radius 2 is 2.04 bits per heavy atom. The third-order valence-corrected chi connectivity index (χ3v) is 5.65. The monoisotopic (exact) mass is 402 g/mol. The second-order valence-electron chi connectivity index (χ2n) is 5.85. The minimum atomic E-state index is -0.247. The molecule has 0 aliphatic carbocycles. The van der Waals surface area contributed by atoms with Crippen molar-refractivity contribution >= 4 is 39.8 Å². The number of thioether (sulfide) groups is 1. The van der Waals surface area contributed by atoms with E-state index in [0.717, 1.165) is 15.6 Å². The van der Waals surface area contributed by atoms with Crippen LogP contribution >= 0.6 is 23.1 Å². The van der Waals surface area contributed by atoms with E-state index in [4.69, 9.17) is 0 Å². The summed E-state index contributed by atoms with van der Waals surface area (Å²) in [5, 5.41) is 14.9. The van der Waals surface area contributed by atoms with E-state index in [1.54, 1.807) is 18.2 Å². The maximum absolute atomic E-state index is 13.5. The molecule has 3 aromatic rings. The molecule has 0 bridgehead atoms. The molecular formula is C19H19FN4OS2. The molecule has 0 fully saturated rings. The maximum Gasteiger partial charge on any atom is 0.230 e. The highest BCUT2D eigenvalue weighted by Gasteiger charge is 2.09. The van der Waals surface area contributed by atoms with Crippen LogP contribution in [0.25, 0.3) is 0 Å². The summed E-state index contributed by atoms with van der Waals surface area (Å²) in [6, 6.07) is 14.6. The average molecular weight is 403 g/mol. The molecule has 0 atom stereocenters. The van der Waals surface area contributed by atoms with Crippen LogP contribution in [-0.4, -0.2) is 28.4 Å². The van der Waals surface area contributed by atoms with Gasteiger partial charge in [-0.2, -0.15) is 0 Å². The fraction of sp³-hybridized carbons (Fsp3) is 0.211. The fourth-order valence-electron chi connectivity index (χ4n) is 2.38. The molecule has 2 aromatic carbocycles. The van der Waals surface area contributed by atoms with Crippen molar-refractivity contribution in [2.24, 2.45) is 0 Å². The van der Waals surface area contributed by atoms with E-state index in [1.807, 2.05) is 31.2 Å². The lowest BCUT2D eigenvalue weighted by Crippen LogP contribution is -2.27. The first-order chi connectivity index (χ1) is 13.1. The number of carbonyl (C=O) groups excluding carboxylic acids is 1. The number of aryl methyl sites for hydroxylation is 1. The van der Waals surface area contributed by atoms with E-state index in [0.29, 0.717) is 23.7 Å². The zero-order chi connectivity index (χ0) is 19.1. The van der Waals surface area contributed by atoms with Crippen molar-refractivity contribution in [2.45, 2.75) is 17.7 Å². The summed E-state index contributed by atoms with van der Waals surface area (Å²) >= 11 is 2.73. The van der Waals surface area contributed by atoms with Gasteiger partial charge in [0.15, 0.2) is 4.34 Å². The van der Waals surface area contributed by atoms with Gasteiger partial charge in [-0.3, -0.25) is 4.79 Å². The lowest BCUT2D eigenvalue weighted by molar-refractivity contribution is -0.118. The molecule has 0 aliphatic heterocycles. The van der Waals surface area contributed by atoms with Gasteiger partial charge in [-0.15, -0.1) is 10.2 Å². The van der Waals surface area contributed by atoms with Crippen LogP contribution in [0.15, 0.2) is 52.9 Å². The molecule has 1 heterocycles. The number of nitrogens with zero attached hydrogens (tertiary/aromatic N) is 2. The SMILES string of the molecule is Cc1cccc(Nc2nnc(SCC(=O)NCCc3ccccc3F)s2)c1. The third kappa shape index (κ3) is 6.04. The lowest BCUT2D eigenvalue weighted by Gasteiger charge is -2.05. The molecule has 27 heavy (non-hydrogen) atoms. The summed E-state index contributed by atoms with van der Waals surface area (Å²) in [5.41, 5.74) is 2.71. The molecule has 0 aliphatic rings. The third-order valence-electron chi connectivity index (χ3n) is 3.68. The van der Waals surface area contributed by atoms with E-state index in [-0.39, 0.29) is 17.5 Å². The van der Waals surface area contributed by atoms with Gasteiger partial charge in [-0.25, -0.2) is 4.39 Å². The molecule has 2 N–H and O–H groups in total. The van der Waals surface area contributed by atoms with Gasteiger partial charge in [-0.05, 0) is 42.7 Å². The van der Waals surface area contributed by atoms with Crippen LogP contribution in [0.1, 0.15) is 11.1 Å². The Kier molecular flexibility index (Phi) is 6.78. The first kappa shape index (κ1) is 19.3. The van der Waals surface area contributed by atoms with Gasteiger partial charge in [0, 0.05) is 12.2 Å². The molecule has 140 valence electrons. The standard InChI is InChI=1S/C19H19FN4OS2/c1-13-5-4-7-15(11-13)22-18-23-24-19(27-18)26-12-17(25)21-10-9-14-6-2-3-8-16(14)20/h2-8,11H,9-10,12H2,1H3,(H,21,25)(H,22,23). The molecule has 1 aromatic heterocycles. The van der Waals surface area contributed by atoms with E-state index in [2.05, 4.69) is 20.8 Å². The number of amides is 1. The number of rotatable bonds is 8. The normalized spacial score (nSPS) is 10.6. The van der Waals surface area contributed by atoms with Gasteiger partial charge in [-0.1, -0.05) is 53.4 Å². The van der Waals surface area contributed by atoms with E-state index in [9.17, 15) is 9.18 Å². The van der Waals surface area contributed by atoms with Crippen LogP contribution in [0.3, 0.4) is 0 Å². The van der Waals surface area contributed by atoms with Gasteiger partial charge in [0.25, 0.3) is 0 Å². The van der Waals surface area contributed by atoms with E-state index < -0.39 is 0 Å². The molecule has 0 saturated heterocycles.